The van der Waals surface area contributed by atoms with Crippen molar-refractivity contribution in [2.45, 2.75) is 13.8 Å². The fraction of sp³-hybridized carbons (Fsp3) is 0.103. The van der Waals surface area contributed by atoms with E-state index in [1.54, 1.807) is 97.1 Å². The van der Waals surface area contributed by atoms with E-state index < -0.39 is 17.4 Å². The summed E-state index contributed by atoms with van der Waals surface area (Å²) >= 11 is 0. The highest BCUT2D eigenvalue weighted by molar-refractivity contribution is 6.00. The van der Waals surface area contributed by atoms with Crippen LogP contribution in [0.25, 0.3) is 22.3 Å². The monoisotopic (exact) mass is 468 g/mol. The van der Waals surface area contributed by atoms with Crippen LogP contribution in [0.3, 0.4) is 0 Å². The first-order chi connectivity index (χ1) is 16.7. The molecule has 4 rings (SSSR count). The van der Waals surface area contributed by atoms with Gasteiger partial charge in [-0.1, -0.05) is 48.5 Å². The number of ether oxygens (including phenoxy) is 2. The summed E-state index contributed by atoms with van der Waals surface area (Å²) in [5.74, 6) is -0.502. The quantitative estimate of drug-likeness (QED) is 0.206. The Kier molecular flexibility index (Phi) is 6.55. The van der Waals surface area contributed by atoms with Crippen molar-refractivity contribution in [3.05, 3.63) is 97.1 Å². The highest BCUT2D eigenvalue weighted by Crippen LogP contribution is 2.28. The zero-order valence-electron chi connectivity index (χ0n) is 19.3. The van der Waals surface area contributed by atoms with Crippen molar-refractivity contribution >= 4 is 11.9 Å². The lowest BCUT2D eigenvalue weighted by Crippen LogP contribution is -2.39. The maximum Gasteiger partial charge on any atom is 0.328 e. The van der Waals surface area contributed by atoms with Crippen molar-refractivity contribution in [3.8, 4) is 45.3 Å². The number of hydrogen-bond donors (Lipinski definition) is 2. The molecule has 0 bridgehead atoms. The lowest BCUT2D eigenvalue weighted by atomic mass is 9.94. The molecule has 0 heterocycles. The van der Waals surface area contributed by atoms with Crippen molar-refractivity contribution in [3.63, 3.8) is 0 Å². The number of esters is 2. The molecule has 0 spiro atoms. The van der Waals surface area contributed by atoms with Crippen LogP contribution >= 0.6 is 0 Å². The van der Waals surface area contributed by atoms with E-state index >= 15 is 0 Å². The van der Waals surface area contributed by atoms with Gasteiger partial charge in [-0.25, -0.2) is 0 Å². The topological polar surface area (TPSA) is 93.1 Å². The van der Waals surface area contributed by atoms with Gasteiger partial charge >= 0.3 is 11.9 Å². The minimum absolute atomic E-state index is 0.182. The molecule has 6 nitrogen and oxygen atoms in total. The van der Waals surface area contributed by atoms with Crippen LogP contribution in [0, 0.1) is 5.41 Å². The van der Waals surface area contributed by atoms with E-state index in [9.17, 15) is 19.8 Å². The maximum atomic E-state index is 12.8. The first-order valence-electron chi connectivity index (χ1n) is 11.0. The van der Waals surface area contributed by atoms with Crippen LogP contribution < -0.4 is 9.47 Å². The molecule has 176 valence electrons. The molecular formula is C29H24O6. The summed E-state index contributed by atoms with van der Waals surface area (Å²) < 4.78 is 10.9. The third-order valence-electron chi connectivity index (χ3n) is 5.55. The fourth-order valence-electron chi connectivity index (χ4n) is 3.29. The molecule has 0 radical (unpaired) electrons. The molecule has 2 N–H and O–H groups in total. The van der Waals surface area contributed by atoms with Crippen LogP contribution in [0.2, 0.25) is 0 Å². The number of hydrogen-bond acceptors (Lipinski definition) is 6. The minimum Gasteiger partial charge on any atom is -0.508 e. The molecule has 4 aromatic carbocycles. The number of phenolic OH excluding ortho intramolecular Hbond substituents is 2. The number of carbonyl (C=O) groups excluding carboxylic acids is 2. The predicted molar refractivity (Wildman–Crippen MR) is 132 cm³/mol. The average molecular weight is 469 g/mol. The molecule has 0 aliphatic heterocycles. The van der Waals surface area contributed by atoms with Gasteiger partial charge in [-0.15, -0.1) is 0 Å². The van der Waals surface area contributed by atoms with E-state index in [1.165, 1.54) is 13.8 Å². The second kappa shape index (κ2) is 9.73. The predicted octanol–water partition coefficient (Wildman–Crippen LogP) is 5.97. The summed E-state index contributed by atoms with van der Waals surface area (Å²) in [4.78, 5) is 25.5. The van der Waals surface area contributed by atoms with Gasteiger partial charge in [0.25, 0.3) is 0 Å². The van der Waals surface area contributed by atoms with Crippen molar-refractivity contribution in [1.29, 1.82) is 0 Å². The Morgan fingerprint density at radius 2 is 0.771 bits per heavy atom. The van der Waals surface area contributed by atoms with Gasteiger partial charge in [0.2, 0.25) is 0 Å². The smallest absolute Gasteiger partial charge is 0.328 e. The Morgan fingerprint density at radius 3 is 1.06 bits per heavy atom. The molecule has 35 heavy (non-hydrogen) atoms. The van der Waals surface area contributed by atoms with Gasteiger partial charge in [-0.3, -0.25) is 9.59 Å². The number of aromatic hydroxyl groups is 2. The van der Waals surface area contributed by atoms with Crippen LogP contribution in [0.5, 0.6) is 23.0 Å². The van der Waals surface area contributed by atoms with Gasteiger partial charge in [0.15, 0.2) is 5.41 Å². The first-order valence-corrected chi connectivity index (χ1v) is 11.0. The van der Waals surface area contributed by atoms with E-state index in [1.807, 2.05) is 0 Å². The molecule has 0 aromatic heterocycles. The van der Waals surface area contributed by atoms with E-state index in [4.69, 9.17) is 9.47 Å². The summed E-state index contributed by atoms with van der Waals surface area (Å²) in [7, 11) is 0. The van der Waals surface area contributed by atoms with Crippen LogP contribution in [-0.4, -0.2) is 22.2 Å². The zero-order chi connectivity index (χ0) is 25.0. The van der Waals surface area contributed by atoms with Gasteiger partial charge in [0.05, 0.1) is 0 Å². The highest BCUT2D eigenvalue weighted by Gasteiger charge is 2.40. The molecule has 6 heteroatoms. The number of rotatable bonds is 6. The Hall–Kier alpha value is -4.58. The summed E-state index contributed by atoms with van der Waals surface area (Å²) in [6, 6.07) is 27.2. The van der Waals surface area contributed by atoms with Gasteiger partial charge in [0, 0.05) is 0 Å². The number of carbonyl (C=O) groups is 2. The van der Waals surface area contributed by atoms with E-state index in [-0.39, 0.29) is 11.5 Å². The van der Waals surface area contributed by atoms with Gasteiger partial charge in [-0.05, 0) is 84.6 Å². The Labute approximate surface area is 203 Å². The van der Waals surface area contributed by atoms with Crippen LogP contribution in [0.15, 0.2) is 97.1 Å². The van der Waals surface area contributed by atoms with Gasteiger partial charge in [0.1, 0.15) is 23.0 Å². The van der Waals surface area contributed by atoms with E-state index in [2.05, 4.69) is 0 Å². The summed E-state index contributed by atoms with van der Waals surface area (Å²) in [6.45, 7) is 2.90. The molecule has 0 aliphatic rings. The molecule has 0 aliphatic carbocycles. The molecule has 4 aromatic rings. The maximum absolute atomic E-state index is 12.8. The summed E-state index contributed by atoms with van der Waals surface area (Å²) in [5.41, 5.74) is 2.05. The van der Waals surface area contributed by atoms with Crippen molar-refractivity contribution in [1.82, 2.24) is 0 Å². The average Bonchev–Trinajstić information content (AvgIpc) is 2.86. The van der Waals surface area contributed by atoms with Crippen molar-refractivity contribution in [2.75, 3.05) is 0 Å². The Bertz CT molecular complexity index is 1220. The van der Waals surface area contributed by atoms with Crippen molar-refractivity contribution < 1.29 is 29.3 Å². The molecule has 0 amide bonds. The second-order valence-corrected chi connectivity index (χ2v) is 8.55. The lowest BCUT2D eigenvalue weighted by molar-refractivity contribution is -0.158. The molecule has 0 atom stereocenters. The summed E-state index contributed by atoms with van der Waals surface area (Å²) in [5, 5.41) is 18.9. The van der Waals surface area contributed by atoms with E-state index in [0.717, 1.165) is 22.3 Å². The minimum atomic E-state index is -1.54. The van der Waals surface area contributed by atoms with Gasteiger partial charge < -0.3 is 19.7 Å². The second-order valence-electron chi connectivity index (χ2n) is 8.55. The van der Waals surface area contributed by atoms with Gasteiger partial charge in [-0.2, -0.15) is 0 Å². The third kappa shape index (κ3) is 5.50. The molecular weight excluding hydrogens is 444 g/mol. The standard InChI is InChI=1S/C29H24O6/c1-29(2,27(32)34-25-15-7-21(8-16-25)19-3-11-23(30)12-4-19)28(33)35-26-17-9-22(10-18-26)20-5-13-24(31)14-6-20/h3-18,30-31H,1-2H3. The highest BCUT2D eigenvalue weighted by atomic mass is 16.6. The largest absolute Gasteiger partial charge is 0.508 e. The first kappa shape index (κ1) is 23.6. The normalized spacial score (nSPS) is 11.0. The lowest BCUT2D eigenvalue weighted by Gasteiger charge is -2.20. The van der Waals surface area contributed by atoms with Crippen LogP contribution in [0.4, 0.5) is 0 Å². The third-order valence-corrected chi connectivity index (χ3v) is 5.55. The SMILES string of the molecule is CC(C)(C(=O)Oc1ccc(-c2ccc(O)cc2)cc1)C(=O)Oc1ccc(-c2ccc(O)cc2)cc1. The molecule has 0 saturated carbocycles. The molecule has 0 unspecified atom stereocenters. The van der Waals surface area contributed by atoms with Crippen LogP contribution in [-0.2, 0) is 9.59 Å². The fourth-order valence-corrected chi connectivity index (χ4v) is 3.29. The van der Waals surface area contributed by atoms with Crippen molar-refractivity contribution in [2.24, 2.45) is 5.41 Å². The van der Waals surface area contributed by atoms with Crippen LogP contribution in [0.1, 0.15) is 13.8 Å². The van der Waals surface area contributed by atoms with E-state index in [0.29, 0.717) is 11.5 Å². The Balaban J connectivity index is 1.39. The molecule has 0 saturated heterocycles. The summed E-state index contributed by atoms with van der Waals surface area (Å²) in [6.07, 6.45) is 0. The number of phenols is 2. The Morgan fingerprint density at radius 1 is 0.514 bits per heavy atom. The number of benzene rings is 4. The molecule has 0 fully saturated rings. The zero-order valence-corrected chi connectivity index (χ0v) is 19.3.